The number of carbonyl (C=O) groups is 1. The predicted octanol–water partition coefficient (Wildman–Crippen LogP) is 6.69. The number of rotatable bonds is 8. The van der Waals surface area contributed by atoms with Crippen LogP contribution in [0.2, 0.25) is 10.0 Å². The van der Waals surface area contributed by atoms with Crippen LogP contribution >= 0.6 is 23.2 Å². The predicted molar refractivity (Wildman–Crippen MR) is 131 cm³/mol. The van der Waals surface area contributed by atoms with Crippen molar-refractivity contribution in [3.8, 4) is 5.75 Å². The molecule has 3 rings (SSSR count). The number of phenolic OH excluding ortho intramolecular Hbond substituents is 1. The van der Waals surface area contributed by atoms with Crippen molar-refractivity contribution in [2.24, 2.45) is 4.99 Å². The zero-order valence-corrected chi connectivity index (χ0v) is 19.2. The molecule has 1 amide bonds. The van der Waals surface area contributed by atoms with Crippen LogP contribution in [0.3, 0.4) is 0 Å². The number of nitro groups is 1. The number of anilines is 1. The van der Waals surface area contributed by atoms with Gasteiger partial charge in [0.05, 0.1) is 15.6 Å². The van der Waals surface area contributed by atoms with Gasteiger partial charge in [0.25, 0.3) is 0 Å². The van der Waals surface area contributed by atoms with Gasteiger partial charge < -0.3 is 10.4 Å². The minimum absolute atomic E-state index is 0.129. The lowest BCUT2D eigenvalue weighted by Gasteiger charge is -2.08. The molecule has 0 saturated carbocycles. The van der Waals surface area contributed by atoms with Crippen molar-refractivity contribution in [3.05, 3.63) is 91.4 Å². The molecule has 2 N–H and O–H groups in total. The number of halogens is 2. The standard InChI is InChI=1S/C24H21Cl2N3O4/c1-2-5-23(30)28-18-8-9-20(26)21(13-18)27-14-17-11-15(12-22(24(17)31)29(32)33)10-16-6-3-4-7-19(16)25/h3-4,6-9,11-14,31H,2,5,10H2,1H3,(H,28,30). The largest absolute Gasteiger partial charge is 0.502 e. The molecule has 0 aliphatic carbocycles. The maximum absolute atomic E-state index is 11.9. The van der Waals surface area contributed by atoms with Crippen molar-refractivity contribution in [1.82, 2.24) is 0 Å². The van der Waals surface area contributed by atoms with Crippen LogP contribution in [0.1, 0.15) is 36.5 Å². The Morgan fingerprint density at radius 3 is 2.61 bits per heavy atom. The number of hydrogen-bond acceptors (Lipinski definition) is 5. The molecule has 3 aromatic rings. The highest BCUT2D eigenvalue weighted by atomic mass is 35.5. The first-order chi connectivity index (χ1) is 15.8. The maximum Gasteiger partial charge on any atom is 0.311 e. The zero-order valence-electron chi connectivity index (χ0n) is 17.7. The summed E-state index contributed by atoms with van der Waals surface area (Å²) in [7, 11) is 0. The van der Waals surface area contributed by atoms with E-state index in [-0.39, 0.29) is 11.5 Å². The van der Waals surface area contributed by atoms with Gasteiger partial charge in [0.1, 0.15) is 0 Å². The summed E-state index contributed by atoms with van der Waals surface area (Å²) in [4.78, 5) is 27.0. The highest BCUT2D eigenvalue weighted by molar-refractivity contribution is 6.33. The Morgan fingerprint density at radius 1 is 1.15 bits per heavy atom. The van der Waals surface area contributed by atoms with E-state index in [4.69, 9.17) is 23.2 Å². The number of nitro benzene ring substituents is 1. The van der Waals surface area contributed by atoms with Crippen molar-refractivity contribution in [2.45, 2.75) is 26.2 Å². The van der Waals surface area contributed by atoms with E-state index in [0.29, 0.717) is 46.2 Å². The monoisotopic (exact) mass is 485 g/mol. The molecule has 7 nitrogen and oxygen atoms in total. The SMILES string of the molecule is CCCC(=O)Nc1ccc(Cl)c(N=Cc2cc(Cc3ccccc3Cl)cc([N+](=O)[O-])c2O)c1. The molecule has 0 radical (unpaired) electrons. The molecule has 0 aromatic heterocycles. The van der Waals surface area contributed by atoms with Gasteiger partial charge in [-0.25, -0.2) is 0 Å². The van der Waals surface area contributed by atoms with E-state index in [1.165, 1.54) is 12.3 Å². The number of carbonyl (C=O) groups excluding carboxylic acids is 1. The molecule has 0 fully saturated rings. The number of nitrogens with one attached hydrogen (secondary N) is 1. The highest BCUT2D eigenvalue weighted by Gasteiger charge is 2.19. The van der Waals surface area contributed by atoms with Crippen LogP contribution < -0.4 is 5.32 Å². The van der Waals surface area contributed by atoms with Crippen molar-refractivity contribution in [1.29, 1.82) is 0 Å². The maximum atomic E-state index is 11.9. The Morgan fingerprint density at radius 2 is 1.91 bits per heavy atom. The van der Waals surface area contributed by atoms with E-state index in [1.807, 2.05) is 19.1 Å². The second-order valence-corrected chi connectivity index (χ2v) is 8.12. The molecule has 0 unspecified atom stereocenters. The van der Waals surface area contributed by atoms with Crippen LogP contribution in [0.15, 0.2) is 59.6 Å². The summed E-state index contributed by atoms with van der Waals surface area (Å²) in [5.74, 6) is -0.634. The van der Waals surface area contributed by atoms with Crippen LogP contribution in [0.4, 0.5) is 17.1 Å². The molecule has 3 aromatic carbocycles. The lowest BCUT2D eigenvalue weighted by Crippen LogP contribution is -2.10. The summed E-state index contributed by atoms with van der Waals surface area (Å²) in [6.45, 7) is 1.91. The minimum Gasteiger partial charge on any atom is -0.502 e. The smallest absolute Gasteiger partial charge is 0.311 e. The van der Waals surface area contributed by atoms with E-state index in [0.717, 1.165) is 5.56 Å². The fraction of sp³-hybridized carbons (Fsp3) is 0.167. The average Bonchev–Trinajstić information content (AvgIpc) is 2.77. The summed E-state index contributed by atoms with van der Waals surface area (Å²) in [5.41, 5.74) is 1.95. The number of aromatic hydroxyl groups is 1. The molecule has 0 aliphatic rings. The van der Waals surface area contributed by atoms with E-state index >= 15 is 0 Å². The molecule has 0 saturated heterocycles. The molecule has 0 bridgehead atoms. The summed E-state index contributed by atoms with van der Waals surface area (Å²) in [6, 6.07) is 14.9. The van der Waals surface area contributed by atoms with Crippen LogP contribution in [-0.4, -0.2) is 22.2 Å². The number of phenols is 1. The van der Waals surface area contributed by atoms with Crippen molar-refractivity contribution >= 4 is 52.4 Å². The normalized spacial score (nSPS) is 11.0. The topological polar surface area (TPSA) is 105 Å². The first-order valence-corrected chi connectivity index (χ1v) is 10.9. The Balaban J connectivity index is 1.95. The number of aliphatic imine (C=N–C) groups is 1. The number of amides is 1. The third-order valence-electron chi connectivity index (χ3n) is 4.78. The number of nitrogens with zero attached hydrogens (tertiary/aromatic N) is 2. The lowest BCUT2D eigenvalue weighted by molar-refractivity contribution is -0.385. The molecule has 9 heteroatoms. The van der Waals surface area contributed by atoms with E-state index < -0.39 is 16.4 Å². The van der Waals surface area contributed by atoms with Crippen LogP contribution in [-0.2, 0) is 11.2 Å². The summed E-state index contributed by atoms with van der Waals surface area (Å²) < 4.78 is 0. The van der Waals surface area contributed by atoms with Crippen molar-refractivity contribution in [3.63, 3.8) is 0 Å². The van der Waals surface area contributed by atoms with Gasteiger partial charge in [-0.2, -0.15) is 0 Å². The Bertz CT molecular complexity index is 1230. The third kappa shape index (κ3) is 6.31. The highest BCUT2D eigenvalue weighted by Crippen LogP contribution is 2.33. The van der Waals surface area contributed by atoms with E-state index in [2.05, 4.69) is 10.3 Å². The van der Waals surface area contributed by atoms with Gasteiger partial charge in [-0.1, -0.05) is 48.3 Å². The summed E-state index contributed by atoms with van der Waals surface area (Å²) in [6.07, 6.45) is 2.74. The van der Waals surface area contributed by atoms with E-state index in [1.54, 1.807) is 36.4 Å². The lowest BCUT2D eigenvalue weighted by atomic mass is 10.0. The molecular formula is C24H21Cl2N3O4. The molecular weight excluding hydrogens is 465 g/mol. The zero-order chi connectivity index (χ0) is 24.0. The van der Waals surface area contributed by atoms with Crippen LogP contribution in [0.25, 0.3) is 0 Å². The van der Waals surface area contributed by atoms with Gasteiger partial charge in [0, 0.05) is 35.0 Å². The van der Waals surface area contributed by atoms with Crippen LogP contribution in [0, 0.1) is 10.1 Å². The Kier molecular flexibility index (Phi) is 8.03. The molecule has 0 aliphatic heterocycles. The summed E-state index contributed by atoms with van der Waals surface area (Å²) >= 11 is 12.4. The molecule has 170 valence electrons. The van der Waals surface area contributed by atoms with Gasteiger partial charge in [0.2, 0.25) is 11.7 Å². The Labute approximate surface area is 200 Å². The quantitative estimate of drug-likeness (QED) is 0.210. The second kappa shape index (κ2) is 10.9. The molecule has 33 heavy (non-hydrogen) atoms. The van der Waals surface area contributed by atoms with E-state index in [9.17, 15) is 20.0 Å². The molecule has 0 heterocycles. The van der Waals surface area contributed by atoms with Gasteiger partial charge in [-0.3, -0.25) is 19.9 Å². The second-order valence-electron chi connectivity index (χ2n) is 7.30. The number of benzene rings is 3. The van der Waals surface area contributed by atoms with Gasteiger partial charge in [-0.15, -0.1) is 0 Å². The first kappa shape index (κ1) is 24.2. The fourth-order valence-electron chi connectivity index (χ4n) is 3.18. The van der Waals surface area contributed by atoms with Gasteiger partial charge in [-0.05, 0) is 54.3 Å². The van der Waals surface area contributed by atoms with Crippen molar-refractivity contribution < 1.29 is 14.8 Å². The summed E-state index contributed by atoms with van der Waals surface area (Å²) in [5, 5.41) is 25.5. The first-order valence-electron chi connectivity index (χ1n) is 10.2. The number of hydrogen-bond donors (Lipinski definition) is 2. The minimum atomic E-state index is -0.653. The van der Waals surface area contributed by atoms with Crippen LogP contribution in [0.5, 0.6) is 5.75 Å². The van der Waals surface area contributed by atoms with Crippen molar-refractivity contribution in [2.75, 3.05) is 5.32 Å². The third-order valence-corrected chi connectivity index (χ3v) is 5.47. The molecule has 0 atom stereocenters. The average molecular weight is 486 g/mol. The fourth-order valence-corrected chi connectivity index (χ4v) is 3.55. The molecule has 0 spiro atoms. The van der Waals surface area contributed by atoms with Gasteiger partial charge in [0.15, 0.2) is 0 Å². The van der Waals surface area contributed by atoms with Gasteiger partial charge >= 0.3 is 5.69 Å². The Hall–Kier alpha value is -3.42.